The van der Waals surface area contributed by atoms with Gasteiger partial charge in [-0.3, -0.25) is 9.69 Å². The Morgan fingerprint density at radius 2 is 1.88 bits per heavy atom. The molecule has 2 heterocycles. The summed E-state index contributed by atoms with van der Waals surface area (Å²) in [4.78, 5) is 20.5. The summed E-state index contributed by atoms with van der Waals surface area (Å²) in [6, 6.07) is 3.27. The van der Waals surface area contributed by atoms with Crippen LogP contribution in [0, 0.1) is 13.8 Å². The fourth-order valence-electron chi connectivity index (χ4n) is 2.91. The van der Waals surface area contributed by atoms with Crippen LogP contribution >= 0.6 is 0 Å². The lowest BCUT2D eigenvalue weighted by atomic mass is 10.0. The van der Waals surface area contributed by atoms with Gasteiger partial charge < -0.3 is 9.42 Å². The van der Waals surface area contributed by atoms with Gasteiger partial charge in [-0.15, -0.1) is 0 Å². The van der Waals surface area contributed by atoms with E-state index < -0.39 is 11.7 Å². The number of hydrogen-bond acceptors (Lipinski definition) is 5. The van der Waals surface area contributed by atoms with E-state index in [9.17, 15) is 18.0 Å². The largest absolute Gasteiger partial charge is 0.416 e. The lowest BCUT2D eigenvalue weighted by Crippen LogP contribution is -2.48. The predicted octanol–water partition coefficient (Wildman–Crippen LogP) is 2.66. The van der Waals surface area contributed by atoms with Gasteiger partial charge in [0.2, 0.25) is 5.89 Å². The number of halogens is 3. The van der Waals surface area contributed by atoms with Gasteiger partial charge in [-0.05, 0) is 24.6 Å². The van der Waals surface area contributed by atoms with Crippen LogP contribution < -0.4 is 0 Å². The molecule has 1 amide bonds. The van der Waals surface area contributed by atoms with E-state index in [-0.39, 0.29) is 11.5 Å². The summed E-state index contributed by atoms with van der Waals surface area (Å²) < 4.78 is 43.7. The molecule has 1 aromatic carbocycles. The minimum absolute atomic E-state index is 0.0991. The molecule has 1 fully saturated rings. The van der Waals surface area contributed by atoms with Gasteiger partial charge in [0.05, 0.1) is 12.1 Å². The molecular weight excluding hydrogens is 349 g/mol. The second-order valence-corrected chi connectivity index (χ2v) is 6.33. The standard InChI is InChI=1S/C17H19F3N4O2/c1-11-3-4-13(17(18,19)20)9-14(11)16(25)24-7-5-23(6-8-24)10-15-21-12(2)26-22-15/h3-4,9H,5-8,10H2,1-2H3. The molecule has 1 aromatic heterocycles. The maximum Gasteiger partial charge on any atom is 0.416 e. The first-order valence-electron chi connectivity index (χ1n) is 8.22. The first kappa shape index (κ1) is 18.4. The predicted molar refractivity (Wildman–Crippen MR) is 86.4 cm³/mol. The molecule has 3 rings (SSSR count). The molecule has 0 atom stereocenters. The van der Waals surface area contributed by atoms with Crippen molar-refractivity contribution >= 4 is 5.91 Å². The van der Waals surface area contributed by atoms with Crippen LogP contribution in [0.4, 0.5) is 13.2 Å². The quantitative estimate of drug-likeness (QED) is 0.834. The zero-order valence-electron chi connectivity index (χ0n) is 14.5. The van der Waals surface area contributed by atoms with Crippen LogP contribution in [-0.2, 0) is 12.7 Å². The summed E-state index contributed by atoms with van der Waals surface area (Å²) in [7, 11) is 0. The molecule has 0 spiro atoms. The molecule has 0 radical (unpaired) electrons. The number of piperazine rings is 1. The number of alkyl halides is 3. The maximum absolute atomic E-state index is 12.9. The molecule has 6 nitrogen and oxygen atoms in total. The molecule has 1 aliphatic heterocycles. The third-order valence-corrected chi connectivity index (χ3v) is 4.39. The SMILES string of the molecule is Cc1nc(CN2CCN(C(=O)c3cc(C(F)(F)F)ccc3C)CC2)no1. The van der Waals surface area contributed by atoms with Gasteiger partial charge in [0.1, 0.15) is 0 Å². The monoisotopic (exact) mass is 368 g/mol. The van der Waals surface area contributed by atoms with Gasteiger partial charge >= 0.3 is 6.18 Å². The average molecular weight is 368 g/mol. The molecule has 0 unspecified atom stereocenters. The minimum Gasteiger partial charge on any atom is -0.340 e. The van der Waals surface area contributed by atoms with Gasteiger partial charge in [-0.1, -0.05) is 11.2 Å². The highest BCUT2D eigenvalue weighted by Crippen LogP contribution is 2.31. The average Bonchev–Trinajstić information content (AvgIpc) is 2.99. The first-order valence-corrected chi connectivity index (χ1v) is 8.22. The number of aryl methyl sites for hydroxylation is 2. The third-order valence-electron chi connectivity index (χ3n) is 4.39. The number of amides is 1. The van der Waals surface area contributed by atoms with Crippen LogP contribution in [0.1, 0.15) is 33.2 Å². The zero-order valence-corrected chi connectivity index (χ0v) is 14.5. The van der Waals surface area contributed by atoms with Crippen molar-refractivity contribution in [1.29, 1.82) is 0 Å². The molecule has 0 bridgehead atoms. The van der Waals surface area contributed by atoms with Crippen LogP contribution in [-0.4, -0.2) is 52.0 Å². The third kappa shape index (κ3) is 4.04. The molecule has 0 saturated carbocycles. The Hall–Kier alpha value is -2.42. The van der Waals surface area contributed by atoms with Crippen molar-refractivity contribution in [3.8, 4) is 0 Å². The Morgan fingerprint density at radius 1 is 1.19 bits per heavy atom. The van der Waals surface area contributed by atoms with Gasteiger partial charge in [0, 0.05) is 38.7 Å². The van der Waals surface area contributed by atoms with E-state index in [1.54, 1.807) is 18.7 Å². The van der Waals surface area contributed by atoms with Crippen molar-refractivity contribution in [1.82, 2.24) is 19.9 Å². The van der Waals surface area contributed by atoms with Gasteiger partial charge in [0.25, 0.3) is 5.91 Å². The minimum atomic E-state index is -4.47. The molecule has 26 heavy (non-hydrogen) atoms. The Balaban J connectivity index is 1.65. The van der Waals surface area contributed by atoms with E-state index in [0.717, 1.165) is 12.1 Å². The van der Waals surface area contributed by atoms with E-state index in [4.69, 9.17) is 4.52 Å². The van der Waals surface area contributed by atoms with E-state index in [1.165, 1.54) is 6.07 Å². The topological polar surface area (TPSA) is 62.5 Å². The van der Waals surface area contributed by atoms with Crippen molar-refractivity contribution in [2.45, 2.75) is 26.6 Å². The Bertz CT molecular complexity index is 796. The maximum atomic E-state index is 12.9. The molecule has 0 aliphatic carbocycles. The lowest BCUT2D eigenvalue weighted by molar-refractivity contribution is -0.137. The van der Waals surface area contributed by atoms with Crippen molar-refractivity contribution < 1.29 is 22.5 Å². The number of nitrogens with zero attached hydrogens (tertiary/aromatic N) is 4. The van der Waals surface area contributed by atoms with E-state index in [0.29, 0.717) is 50.0 Å². The smallest absolute Gasteiger partial charge is 0.340 e. The molecule has 0 N–H and O–H groups in total. The number of rotatable bonds is 3. The molecular formula is C17H19F3N4O2. The molecule has 1 aliphatic rings. The van der Waals surface area contributed by atoms with Crippen molar-refractivity contribution in [2.75, 3.05) is 26.2 Å². The number of benzene rings is 1. The van der Waals surface area contributed by atoms with Crippen molar-refractivity contribution in [3.63, 3.8) is 0 Å². The Kier molecular flexibility index (Phi) is 4.99. The van der Waals surface area contributed by atoms with Crippen molar-refractivity contribution in [3.05, 3.63) is 46.6 Å². The second-order valence-electron chi connectivity index (χ2n) is 6.33. The molecule has 2 aromatic rings. The van der Waals surface area contributed by atoms with Crippen LogP contribution in [0.15, 0.2) is 22.7 Å². The summed E-state index contributed by atoms with van der Waals surface area (Å²) in [5.74, 6) is 0.702. The highest BCUT2D eigenvalue weighted by atomic mass is 19.4. The van der Waals surface area contributed by atoms with Crippen molar-refractivity contribution in [2.24, 2.45) is 0 Å². The Morgan fingerprint density at radius 3 is 2.46 bits per heavy atom. The lowest BCUT2D eigenvalue weighted by Gasteiger charge is -2.34. The normalized spacial score (nSPS) is 16.1. The summed E-state index contributed by atoms with van der Waals surface area (Å²) >= 11 is 0. The van der Waals surface area contributed by atoms with Gasteiger partial charge in [-0.25, -0.2) is 0 Å². The highest BCUT2D eigenvalue weighted by molar-refractivity contribution is 5.96. The highest BCUT2D eigenvalue weighted by Gasteiger charge is 2.32. The summed E-state index contributed by atoms with van der Waals surface area (Å²) in [5, 5.41) is 3.84. The molecule has 140 valence electrons. The summed E-state index contributed by atoms with van der Waals surface area (Å²) in [6.07, 6.45) is -4.47. The molecule has 9 heteroatoms. The fourth-order valence-corrected chi connectivity index (χ4v) is 2.91. The number of hydrogen-bond donors (Lipinski definition) is 0. The number of carbonyl (C=O) groups excluding carboxylic acids is 1. The van der Waals surface area contributed by atoms with E-state index >= 15 is 0 Å². The van der Waals surface area contributed by atoms with E-state index in [2.05, 4.69) is 15.0 Å². The number of carbonyl (C=O) groups is 1. The van der Waals surface area contributed by atoms with Crippen LogP contribution in [0.3, 0.4) is 0 Å². The Labute approximate surface area is 148 Å². The summed E-state index contributed by atoms with van der Waals surface area (Å²) in [5.41, 5.74) is -0.174. The van der Waals surface area contributed by atoms with Crippen LogP contribution in [0.25, 0.3) is 0 Å². The molecule has 1 saturated heterocycles. The van der Waals surface area contributed by atoms with Crippen LogP contribution in [0.5, 0.6) is 0 Å². The van der Waals surface area contributed by atoms with Crippen LogP contribution in [0.2, 0.25) is 0 Å². The summed E-state index contributed by atoms with van der Waals surface area (Å²) in [6.45, 7) is 5.93. The second kappa shape index (κ2) is 7.06. The first-order chi connectivity index (χ1) is 12.2. The van der Waals surface area contributed by atoms with E-state index in [1.807, 2.05) is 0 Å². The number of aromatic nitrogens is 2. The fraction of sp³-hybridized carbons (Fsp3) is 0.471. The van der Waals surface area contributed by atoms with Gasteiger partial charge in [0.15, 0.2) is 5.82 Å². The van der Waals surface area contributed by atoms with Gasteiger partial charge in [-0.2, -0.15) is 18.2 Å². The zero-order chi connectivity index (χ0) is 18.9.